The van der Waals surface area contributed by atoms with Crippen molar-refractivity contribution >= 4 is 28.8 Å². The number of nitrogens with two attached hydrogens (primary N) is 1. The molecule has 0 atom stereocenters. The molecule has 4 aromatic rings. The molecule has 38 heavy (non-hydrogen) atoms. The van der Waals surface area contributed by atoms with E-state index in [0.717, 1.165) is 54.2 Å². The van der Waals surface area contributed by atoms with E-state index in [1.165, 1.54) is 28.2 Å². The van der Waals surface area contributed by atoms with Crippen LogP contribution in [-0.4, -0.2) is 25.3 Å². The molecular weight excluding hydrogens is 490 g/mol. The average molecular weight is 521 g/mol. The van der Waals surface area contributed by atoms with E-state index >= 15 is 0 Å². The molecular formula is C30H30N7S+. The maximum Gasteiger partial charge on any atom is 0.239 e. The van der Waals surface area contributed by atoms with Gasteiger partial charge in [-0.2, -0.15) is 8.47 Å². The maximum atomic E-state index is 6.05. The Morgan fingerprint density at radius 3 is 2.61 bits per heavy atom. The summed E-state index contributed by atoms with van der Waals surface area (Å²) in [5, 5.41) is 8.95. The lowest BCUT2D eigenvalue weighted by atomic mass is 10.0. The van der Waals surface area contributed by atoms with Crippen molar-refractivity contribution in [2.24, 2.45) is 5.92 Å². The molecule has 0 saturated carbocycles. The van der Waals surface area contributed by atoms with Gasteiger partial charge in [0.15, 0.2) is 11.7 Å². The van der Waals surface area contributed by atoms with E-state index in [1.807, 2.05) is 16.8 Å². The summed E-state index contributed by atoms with van der Waals surface area (Å²) in [4.78, 5) is 2.49. The van der Waals surface area contributed by atoms with Gasteiger partial charge in [-0.15, -0.1) is 9.06 Å². The van der Waals surface area contributed by atoms with Crippen molar-refractivity contribution in [3.8, 4) is 22.6 Å². The first kappa shape index (κ1) is 23.0. The molecule has 0 fully saturated rings. The lowest BCUT2D eigenvalue weighted by Gasteiger charge is -2.26. The minimum absolute atomic E-state index is 0.529. The number of fused-ring (bicyclic) bond motifs is 3. The van der Waals surface area contributed by atoms with Gasteiger partial charge in [0.05, 0.1) is 30.5 Å². The van der Waals surface area contributed by atoms with Crippen LogP contribution in [0.1, 0.15) is 30.7 Å². The van der Waals surface area contributed by atoms with Crippen molar-refractivity contribution in [1.82, 2.24) is 18.8 Å². The van der Waals surface area contributed by atoms with Crippen LogP contribution in [0.15, 0.2) is 79.0 Å². The molecule has 2 aromatic carbocycles. The summed E-state index contributed by atoms with van der Waals surface area (Å²) in [6.07, 6.45) is 4.01. The van der Waals surface area contributed by atoms with Crippen molar-refractivity contribution < 1.29 is 3.96 Å². The van der Waals surface area contributed by atoms with E-state index in [0.29, 0.717) is 5.92 Å². The summed E-state index contributed by atoms with van der Waals surface area (Å²) in [5.74, 6) is 2.72. The number of benzene rings is 2. The molecule has 0 amide bonds. The van der Waals surface area contributed by atoms with Crippen LogP contribution in [-0.2, 0) is 19.4 Å². The minimum Gasteiger partial charge on any atom is -0.399 e. The fourth-order valence-electron chi connectivity index (χ4n) is 5.54. The number of rotatable bonds is 5. The first-order valence-corrected chi connectivity index (χ1v) is 13.9. The van der Waals surface area contributed by atoms with Crippen LogP contribution in [0, 0.1) is 5.92 Å². The first-order chi connectivity index (χ1) is 18.5. The summed E-state index contributed by atoms with van der Waals surface area (Å²) >= 11 is 1.70. The number of nitrogen functional groups attached to an aromatic ring is 1. The molecule has 0 radical (unpaired) electrons. The van der Waals surface area contributed by atoms with Crippen molar-refractivity contribution in [3.05, 3.63) is 95.8 Å². The van der Waals surface area contributed by atoms with Crippen molar-refractivity contribution in [2.75, 3.05) is 17.2 Å². The van der Waals surface area contributed by atoms with Crippen LogP contribution in [0.3, 0.4) is 0 Å². The molecule has 8 heteroatoms. The second-order valence-corrected chi connectivity index (χ2v) is 11.4. The quantitative estimate of drug-likeness (QED) is 0.247. The number of nitrogens with zero attached hydrogens (tertiary/aromatic N) is 6. The number of anilines is 2. The Bertz CT molecular complexity index is 1720. The van der Waals surface area contributed by atoms with E-state index in [1.54, 1.807) is 11.7 Å². The fraction of sp³-hybridized carbons (Fsp3) is 0.233. The Balaban J connectivity index is 1.41. The predicted octanol–water partition coefficient (Wildman–Crippen LogP) is 5.31. The highest BCUT2D eigenvalue weighted by Gasteiger charge is 2.30. The zero-order chi connectivity index (χ0) is 25.8. The smallest absolute Gasteiger partial charge is 0.239 e. The van der Waals surface area contributed by atoms with Gasteiger partial charge in [-0.3, -0.25) is 4.90 Å². The standard InChI is InChI=1S/C30H29N7S/c1-20(2)17-25-19-35(33-32-25)29-14-12-27-30(22-7-9-24(31)10-8-22)26-11-13-28(36(26)38-37(27)29)34-16-15-21-5-3-4-6-23(21)18-34/h3-14,19-20,31H,15-18H2,1-2H3/p+1. The van der Waals surface area contributed by atoms with Crippen LogP contribution < -0.4 is 14.6 Å². The molecule has 0 spiro atoms. The summed E-state index contributed by atoms with van der Waals surface area (Å²) in [7, 11) is 0. The van der Waals surface area contributed by atoms with Gasteiger partial charge in [-0.1, -0.05) is 55.5 Å². The van der Waals surface area contributed by atoms with Crippen molar-refractivity contribution in [2.45, 2.75) is 33.2 Å². The third-order valence-electron chi connectivity index (χ3n) is 7.36. The molecule has 2 N–H and O–H groups in total. The molecule has 5 heterocycles. The van der Waals surface area contributed by atoms with Gasteiger partial charge in [-0.05, 0) is 53.3 Å². The van der Waals surface area contributed by atoms with E-state index in [2.05, 4.69) is 104 Å². The topological polar surface area (TPSA) is 68.3 Å². The summed E-state index contributed by atoms with van der Waals surface area (Å²) in [6, 6.07) is 25.8. The molecule has 0 aliphatic carbocycles. The SMILES string of the molecule is CC(C)Cc1cn(-c2ccc3c(-c4ccc(N)cc4)c4ccc(N5CCc6ccccc6C5)[n+]-4sn23)nn1. The molecule has 3 aliphatic heterocycles. The predicted molar refractivity (Wildman–Crippen MR) is 152 cm³/mol. The lowest BCUT2D eigenvalue weighted by molar-refractivity contribution is -0.505. The third-order valence-corrected chi connectivity index (χ3v) is 8.45. The van der Waals surface area contributed by atoms with Crippen molar-refractivity contribution in [3.63, 3.8) is 0 Å². The van der Waals surface area contributed by atoms with E-state index in [4.69, 9.17) is 5.73 Å². The van der Waals surface area contributed by atoms with Crippen LogP contribution in [0.4, 0.5) is 11.5 Å². The zero-order valence-corrected chi connectivity index (χ0v) is 22.4. The third kappa shape index (κ3) is 3.83. The second-order valence-electron chi connectivity index (χ2n) is 10.5. The van der Waals surface area contributed by atoms with E-state index in [-0.39, 0.29) is 0 Å². The maximum absolute atomic E-state index is 6.05. The van der Waals surface area contributed by atoms with Gasteiger partial charge in [-0.25, -0.2) is 0 Å². The summed E-state index contributed by atoms with van der Waals surface area (Å²) in [6.45, 7) is 6.31. The highest BCUT2D eigenvalue weighted by Crippen LogP contribution is 2.36. The summed E-state index contributed by atoms with van der Waals surface area (Å²) < 4.78 is 6.54. The molecule has 0 bridgehead atoms. The highest BCUT2D eigenvalue weighted by molar-refractivity contribution is 6.96. The summed E-state index contributed by atoms with van der Waals surface area (Å²) in [5.41, 5.74) is 15.3. The molecule has 7 nitrogen and oxygen atoms in total. The van der Waals surface area contributed by atoms with Gasteiger partial charge < -0.3 is 5.73 Å². The largest absolute Gasteiger partial charge is 0.399 e. The number of hydrogen-bond donors (Lipinski definition) is 1. The Morgan fingerprint density at radius 1 is 0.974 bits per heavy atom. The molecule has 0 unspecified atom stereocenters. The minimum atomic E-state index is 0.529. The van der Waals surface area contributed by atoms with Crippen LogP contribution in [0.5, 0.6) is 0 Å². The van der Waals surface area contributed by atoms with Gasteiger partial charge in [0.2, 0.25) is 11.6 Å². The molecule has 3 aliphatic rings. The lowest BCUT2D eigenvalue weighted by Crippen LogP contribution is -2.40. The Labute approximate surface area is 226 Å². The Morgan fingerprint density at radius 2 is 1.79 bits per heavy atom. The van der Waals surface area contributed by atoms with Gasteiger partial charge in [0.1, 0.15) is 11.2 Å². The van der Waals surface area contributed by atoms with Gasteiger partial charge >= 0.3 is 0 Å². The van der Waals surface area contributed by atoms with Gasteiger partial charge in [0.25, 0.3) is 0 Å². The van der Waals surface area contributed by atoms with Crippen LogP contribution in [0.25, 0.3) is 28.1 Å². The normalized spacial score (nSPS) is 13.6. The van der Waals surface area contributed by atoms with E-state index < -0.39 is 0 Å². The van der Waals surface area contributed by atoms with Gasteiger partial charge in [0, 0.05) is 24.2 Å². The Hall–Kier alpha value is -4.17. The first-order valence-electron chi connectivity index (χ1n) is 13.1. The molecule has 190 valence electrons. The Kier molecular flexibility index (Phi) is 5.44. The van der Waals surface area contributed by atoms with Crippen molar-refractivity contribution in [1.29, 1.82) is 0 Å². The highest BCUT2D eigenvalue weighted by atomic mass is 32.1. The van der Waals surface area contributed by atoms with E-state index in [9.17, 15) is 0 Å². The zero-order valence-electron chi connectivity index (χ0n) is 21.6. The number of aromatic nitrogens is 5. The molecule has 7 rings (SSSR count). The van der Waals surface area contributed by atoms with Crippen LogP contribution in [0.2, 0.25) is 0 Å². The molecule has 0 saturated heterocycles. The molecule has 2 aromatic heterocycles. The monoisotopic (exact) mass is 520 g/mol. The average Bonchev–Trinajstić information content (AvgIpc) is 3.66. The second kappa shape index (κ2) is 8.99. The van der Waals surface area contributed by atoms with Crippen LogP contribution >= 0.6 is 11.7 Å². The number of hydrogen-bond acceptors (Lipinski definition) is 5. The fourth-order valence-corrected chi connectivity index (χ4v) is 6.67.